The van der Waals surface area contributed by atoms with Crippen LogP contribution in [-0.2, 0) is 11.2 Å². The second-order valence-corrected chi connectivity index (χ2v) is 11.4. The van der Waals surface area contributed by atoms with Gasteiger partial charge in [0.15, 0.2) is 0 Å². The molecule has 1 heterocycles. The fourth-order valence-corrected chi connectivity index (χ4v) is 5.42. The van der Waals surface area contributed by atoms with Gasteiger partial charge in [-0.25, -0.2) is 8.78 Å². The van der Waals surface area contributed by atoms with Crippen LogP contribution in [0.1, 0.15) is 72.4 Å². The summed E-state index contributed by atoms with van der Waals surface area (Å²) in [6.45, 7) is 11.8. The van der Waals surface area contributed by atoms with Gasteiger partial charge in [-0.3, -0.25) is 14.4 Å². The number of aryl methyl sites for hydroxylation is 1. The number of carbonyl (C=O) groups is 3. The maximum atomic E-state index is 14.0. The van der Waals surface area contributed by atoms with Crippen LogP contribution in [0, 0.1) is 24.5 Å². The fraction of sp³-hybridized carbons (Fsp3) is 0.531. The first-order chi connectivity index (χ1) is 19.9. The predicted molar refractivity (Wildman–Crippen MR) is 158 cm³/mol. The zero-order valence-corrected chi connectivity index (χ0v) is 25.3. The molecule has 2 aromatic carbocycles. The maximum Gasteiger partial charge on any atom is 0.253 e. The van der Waals surface area contributed by atoms with Crippen molar-refractivity contribution in [3.8, 4) is 0 Å². The molecule has 8 nitrogen and oxygen atoms in total. The second-order valence-electron chi connectivity index (χ2n) is 11.4. The van der Waals surface area contributed by atoms with Crippen LogP contribution in [0.3, 0.4) is 0 Å². The Morgan fingerprint density at radius 3 is 2.24 bits per heavy atom. The minimum Gasteiger partial charge on any atom is -0.389 e. The Morgan fingerprint density at radius 1 is 1.02 bits per heavy atom. The summed E-state index contributed by atoms with van der Waals surface area (Å²) in [5, 5.41) is 17.6. The van der Waals surface area contributed by atoms with Crippen molar-refractivity contribution in [2.24, 2.45) is 5.92 Å². The number of nitrogens with one attached hydrogen (secondary N) is 2. The molecule has 0 saturated carbocycles. The molecule has 0 bridgehead atoms. The second kappa shape index (κ2) is 15.2. The molecule has 0 spiro atoms. The smallest absolute Gasteiger partial charge is 0.253 e. The highest BCUT2D eigenvalue weighted by Gasteiger charge is 2.34. The number of halogens is 2. The van der Waals surface area contributed by atoms with Gasteiger partial charge in [0.25, 0.3) is 11.8 Å². The Hall–Kier alpha value is -3.37. The van der Waals surface area contributed by atoms with Crippen molar-refractivity contribution in [2.75, 3.05) is 32.7 Å². The first-order valence-electron chi connectivity index (χ1n) is 14.8. The van der Waals surface area contributed by atoms with E-state index in [2.05, 4.69) is 10.6 Å². The highest BCUT2D eigenvalue weighted by atomic mass is 19.1. The highest BCUT2D eigenvalue weighted by Crippen LogP contribution is 2.18. The van der Waals surface area contributed by atoms with Gasteiger partial charge in [-0.1, -0.05) is 27.7 Å². The van der Waals surface area contributed by atoms with Gasteiger partial charge >= 0.3 is 0 Å². The predicted octanol–water partition coefficient (Wildman–Crippen LogP) is 3.69. The maximum absolute atomic E-state index is 14.0. The van der Waals surface area contributed by atoms with E-state index >= 15 is 0 Å². The van der Waals surface area contributed by atoms with Crippen LogP contribution in [-0.4, -0.2) is 83.5 Å². The average Bonchev–Trinajstić information content (AvgIpc) is 2.94. The zero-order valence-electron chi connectivity index (χ0n) is 25.3. The number of rotatable bonds is 12. The van der Waals surface area contributed by atoms with E-state index in [1.807, 2.05) is 27.7 Å². The van der Waals surface area contributed by atoms with Crippen molar-refractivity contribution in [1.29, 1.82) is 0 Å². The molecule has 0 unspecified atom stereocenters. The minimum atomic E-state index is -1.20. The summed E-state index contributed by atoms with van der Waals surface area (Å²) in [7, 11) is 0. The standard InChI is InChI=1S/C32H44F2N4O4/c1-6-9-37(10-7-2)32(42)24-13-21(5)12-23(17-24)30(40)36-27(16-22-14-25(33)18-26(34)15-22)29(39)28-19-38(11-8-35-28)31(41)20(3)4/h12-15,17-18,20,27-29,35,39H,6-11,16,19H2,1-5H3,(H,36,40)/t27-,28+,29-/m0/s1. The Labute approximate surface area is 247 Å². The van der Waals surface area contributed by atoms with Gasteiger partial charge in [-0.15, -0.1) is 0 Å². The van der Waals surface area contributed by atoms with Crippen LogP contribution in [0.25, 0.3) is 0 Å². The number of benzene rings is 2. The molecule has 1 aliphatic rings. The van der Waals surface area contributed by atoms with Gasteiger partial charge in [0.1, 0.15) is 11.6 Å². The Balaban J connectivity index is 1.90. The highest BCUT2D eigenvalue weighted by molar-refractivity contribution is 6.00. The van der Waals surface area contributed by atoms with Gasteiger partial charge in [0.05, 0.1) is 18.2 Å². The minimum absolute atomic E-state index is 0.0429. The average molecular weight is 587 g/mol. The molecule has 10 heteroatoms. The van der Waals surface area contributed by atoms with Crippen molar-refractivity contribution < 1.29 is 28.3 Å². The van der Waals surface area contributed by atoms with Crippen LogP contribution in [0.5, 0.6) is 0 Å². The third kappa shape index (κ3) is 8.82. The number of aliphatic hydroxyl groups excluding tert-OH is 1. The van der Waals surface area contributed by atoms with E-state index in [-0.39, 0.29) is 41.8 Å². The van der Waals surface area contributed by atoms with Gasteiger partial charge in [-0.05, 0) is 67.6 Å². The number of carbonyl (C=O) groups excluding carboxylic acids is 3. The summed E-state index contributed by atoms with van der Waals surface area (Å²) in [6.07, 6.45) is 0.357. The molecule has 1 fully saturated rings. The lowest BCUT2D eigenvalue weighted by molar-refractivity contribution is -0.136. The third-order valence-corrected chi connectivity index (χ3v) is 7.39. The van der Waals surface area contributed by atoms with E-state index < -0.39 is 35.7 Å². The molecular weight excluding hydrogens is 542 g/mol. The molecule has 3 rings (SSSR count). The fourth-order valence-electron chi connectivity index (χ4n) is 5.42. The van der Waals surface area contributed by atoms with Crippen LogP contribution >= 0.6 is 0 Å². The molecular formula is C32H44F2N4O4. The quantitative estimate of drug-likeness (QED) is 0.352. The Morgan fingerprint density at radius 2 is 1.64 bits per heavy atom. The largest absolute Gasteiger partial charge is 0.389 e. The van der Waals surface area contributed by atoms with E-state index in [0.29, 0.717) is 31.7 Å². The van der Waals surface area contributed by atoms with Gasteiger partial charge in [0, 0.05) is 55.8 Å². The Bertz CT molecular complexity index is 1230. The summed E-state index contributed by atoms with van der Waals surface area (Å²) in [5.74, 6) is -2.48. The van der Waals surface area contributed by atoms with Gasteiger partial charge < -0.3 is 25.5 Å². The van der Waals surface area contributed by atoms with Crippen LogP contribution in [0.15, 0.2) is 36.4 Å². The lowest BCUT2D eigenvalue weighted by atomic mass is 9.94. The van der Waals surface area contributed by atoms with Gasteiger partial charge in [0.2, 0.25) is 5.91 Å². The SMILES string of the molecule is CCCN(CCC)C(=O)c1cc(C)cc(C(=O)N[C@@H](Cc2cc(F)cc(F)c2)[C@H](O)[C@H]2CN(C(=O)C(C)C)CCN2)c1. The molecule has 3 N–H and O–H groups in total. The van der Waals surface area contributed by atoms with Crippen LogP contribution in [0.2, 0.25) is 0 Å². The van der Waals surface area contributed by atoms with E-state index in [1.54, 1.807) is 28.9 Å². The van der Waals surface area contributed by atoms with Crippen molar-refractivity contribution >= 4 is 17.7 Å². The number of hydrogen-bond acceptors (Lipinski definition) is 5. The molecule has 3 atom stereocenters. The van der Waals surface area contributed by atoms with Crippen molar-refractivity contribution in [3.05, 3.63) is 70.3 Å². The number of aliphatic hydroxyl groups is 1. The summed E-state index contributed by atoms with van der Waals surface area (Å²) in [5.41, 5.74) is 1.61. The molecule has 1 saturated heterocycles. The molecule has 0 aromatic heterocycles. The van der Waals surface area contributed by atoms with Crippen LogP contribution < -0.4 is 10.6 Å². The lowest BCUT2D eigenvalue weighted by Gasteiger charge is -2.39. The van der Waals surface area contributed by atoms with Gasteiger partial charge in [-0.2, -0.15) is 0 Å². The summed E-state index contributed by atoms with van der Waals surface area (Å²) in [4.78, 5) is 42.9. The normalized spacial score (nSPS) is 16.7. The zero-order chi connectivity index (χ0) is 31.0. The van der Waals surface area contributed by atoms with E-state index in [1.165, 1.54) is 6.07 Å². The first kappa shape index (κ1) is 33.1. The lowest BCUT2D eigenvalue weighted by Crippen LogP contribution is -2.62. The number of amides is 3. The van der Waals surface area contributed by atoms with Crippen molar-refractivity contribution in [3.63, 3.8) is 0 Å². The molecule has 230 valence electrons. The summed E-state index contributed by atoms with van der Waals surface area (Å²) in [6, 6.07) is 6.48. The van der Waals surface area contributed by atoms with E-state index in [9.17, 15) is 28.3 Å². The number of piperazine rings is 1. The third-order valence-electron chi connectivity index (χ3n) is 7.39. The van der Waals surface area contributed by atoms with E-state index in [0.717, 1.165) is 36.6 Å². The summed E-state index contributed by atoms with van der Waals surface area (Å²) < 4.78 is 28.1. The topological polar surface area (TPSA) is 102 Å². The molecule has 3 amide bonds. The molecule has 0 aliphatic carbocycles. The van der Waals surface area contributed by atoms with E-state index in [4.69, 9.17) is 0 Å². The molecule has 0 radical (unpaired) electrons. The van der Waals surface area contributed by atoms with Crippen LogP contribution in [0.4, 0.5) is 8.78 Å². The number of hydrogen-bond donors (Lipinski definition) is 3. The monoisotopic (exact) mass is 586 g/mol. The first-order valence-corrected chi connectivity index (χ1v) is 14.8. The molecule has 1 aliphatic heterocycles. The summed E-state index contributed by atoms with van der Waals surface area (Å²) >= 11 is 0. The Kier molecular flexibility index (Phi) is 12.0. The number of nitrogens with zero attached hydrogens (tertiary/aromatic N) is 2. The molecule has 42 heavy (non-hydrogen) atoms. The molecule has 2 aromatic rings. The van der Waals surface area contributed by atoms with Crippen molar-refractivity contribution in [2.45, 2.75) is 72.1 Å². The van der Waals surface area contributed by atoms with Crippen molar-refractivity contribution in [1.82, 2.24) is 20.4 Å².